The molecule has 162 valence electrons. The molecule has 8 heteroatoms. The molecule has 3 aromatic rings. The van der Waals surface area contributed by atoms with Gasteiger partial charge in [0.25, 0.3) is 0 Å². The highest BCUT2D eigenvalue weighted by molar-refractivity contribution is 5.94. The van der Waals surface area contributed by atoms with E-state index in [0.29, 0.717) is 31.7 Å². The van der Waals surface area contributed by atoms with Gasteiger partial charge in [0, 0.05) is 29.7 Å². The zero-order valence-electron chi connectivity index (χ0n) is 17.1. The smallest absolute Gasteiger partial charge is 0.407 e. The molecule has 0 radical (unpaired) electrons. The van der Waals surface area contributed by atoms with Crippen molar-refractivity contribution < 1.29 is 23.4 Å². The van der Waals surface area contributed by atoms with Crippen LogP contribution in [0.15, 0.2) is 36.4 Å². The molecule has 1 atom stereocenters. The molecule has 2 aliphatic heterocycles. The number of benzene rings is 2. The Kier molecular flexibility index (Phi) is 5.46. The van der Waals surface area contributed by atoms with E-state index in [-0.39, 0.29) is 12.8 Å². The second kappa shape index (κ2) is 8.55. The number of fused-ring (bicyclic) bond motifs is 4. The van der Waals surface area contributed by atoms with Crippen molar-refractivity contribution in [3.05, 3.63) is 47.8 Å². The van der Waals surface area contributed by atoms with Gasteiger partial charge in [-0.1, -0.05) is 0 Å². The predicted octanol–water partition coefficient (Wildman–Crippen LogP) is 4.55. The molecular formula is C23H24FN3O4. The number of carbonyl (C=O) groups excluding carboxylic acids is 1. The van der Waals surface area contributed by atoms with Crippen LogP contribution in [0.4, 0.5) is 9.18 Å². The summed E-state index contributed by atoms with van der Waals surface area (Å²) in [5.41, 5.74) is 2.70. The molecule has 5 rings (SSSR count). The standard InChI is InChI=1S/C23H24FN3O4/c24-19-7-5-15-12-16(19)14-31-23(28)25-9-3-11-29-17-6-8-20-18(13-17)22(15)26-27(20)21-4-1-2-10-30-21/h5-8,12-13,21H,1-4,9-11,14H2,(H,25,28). The van der Waals surface area contributed by atoms with Crippen LogP contribution in [-0.4, -0.2) is 35.6 Å². The molecule has 1 aromatic heterocycles. The maximum absolute atomic E-state index is 14.4. The monoisotopic (exact) mass is 425 g/mol. The third kappa shape index (κ3) is 4.07. The molecule has 0 saturated carbocycles. The summed E-state index contributed by atoms with van der Waals surface area (Å²) in [6, 6.07) is 10.6. The average Bonchev–Trinajstić information content (AvgIpc) is 3.17. The number of carbonyl (C=O) groups is 1. The Bertz CT molecular complexity index is 1110. The summed E-state index contributed by atoms with van der Waals surface area (Å²) in [5, 5.41) is 8.44. The molecule has 0 aliphatic carbocycles. The molecule has 3 heterocycles. The Morgan fingerprint density at radius 1 is 1.06 bits per heavy atom. The first-order chi connectivity index (χ1) is 15.2. The Labute approximate surface area is 179 Å². The number of hydrogen-bond donors (Lipinski definition) is 1. The van der Waals surface area contributed by atoms with Crippen molar-refractivity contribution in [3.63, 3.8) is 0 Å². The number of amides is 1. The van der Waals surface area contributed by atoms with Gasteiger partial charge >= 0.3 is 6.09 Å². The molecule has 2 aliphatic rings. The van der Waals surface area contributed by atoms with Crippen LogP contribution in [0.5, 0.6) is 5.75 Å². The molecule has 7 nitrogen and oxygen atoms in total. The van der Waals surface area contributed by atoms with Gasteiger partial charge in [-0.3, -0.25) is 0 Å². The van der Waals surface area contributed by atoms with Crippen molar-refractivity contribution in [1.29, 1.82) is 0 Å². The van der Waals surface area contributed by atoms with Gasteiger partial charge in [0.05, 0.1) is 12.1 Å². The first-order valence-corrected chi connectivity index (χ1v) is 10.6. The Morgan fingerprint density at radius 2 is 2.00 bits per heavy atom. The highest BCUT2D eigenvalue weighted by Crippen LogP contribution is 2.35. The fourth-order valence-electron chi connectivity index (χ4n) is 4.04. The molecular weight excluding hydrogens is 401 g/mol. The summed E-state index contributed by atoms with van der Waals surface area (Å²) in [5.74, 6) is 0.293. The number of rotatable bonds is 1. The maximum atomic E-state index is 14.4. The molecule has 4 bridgehead atoms. The van der Waals surface area contributed by atoms with Crippen molar-refractivity contribution in [1.82, 2.24) is 15.1 Å². The molecule has 1 fully saturated rings. The number of halogens is 1. The second-order valence-corrected chi connectivity index (χ2v) is 7.80. The normalized spacial score (nSPS) is 19.8. The summed E-state index contributed by atoms with van der Waals surface area (Å²) < 4.78 is 33.4. The lowest BCUT2D eigenvalue weighted by Gasteiger charge is -2.23. The quantitative estimate of drug-likeness (QED) is 0.619. The van der Waals surface area contributed by atoms with Gasteiger partial charge in [-0.25, -0.2) is 13.9 Å². The van der Waals surface area contributed by atoms with Gasteiger partial charge in [0.2, 0.25) is 0 Å². The zero-order valence-corrected chi connectivity index (χ0v) is 17.1. The van der Waals surface area contributed by atoms with Crippen molar-refractivity contribution in [2.45, 2.75) is 38.5 Å². The zero-order chi connectivity index (χ0) is 21.2. The predicted molar refractivity (Wildman–Crippen MR) is 112 cm³/mol. The van der Waals surface area contributed by atoms with Crippen molar-refractivity contribution in [2.24, 2.45) is 0 Å². The van der Waals surface area contributed by atoms with E-state index in [9.17, 15) is 9.18 Å². The number of cyclic esters (lactones) is 1. The molecule has 1 saturated heterocycles. The minimum absolute atomic E-state index is 0.130. The largest absolute Gasteiger partial charge is 0.494 e. The first kappa shape index (κ1) is 19.8. The summed E-state index contributed by atoms with van der Waals surface area (Å²) in [6.45, 7) is 1.41. The SMILES string of the molecule is O=C1NCCCOc2ccc3c(c2)c(nn3C2CCCCO2)-c2ccc(F)c(c2)CO1. The highest BCUT2D eigenvalue weighted by atomic mass is 19.1. The van der Waals surface area contributed by atoms with Crippen LogP contribution in [0.25, 0.3) is 22.2 Å². The van der Waals surface area contributed by atoms with E-state index < -0.39 is 11.9 Å². The van der Waals surface area contributed by atoms with Gasteiger partial charge in [-0.15, -0.1) is 0 Å². The van der Waals surface area contributed by atoms with E-state index in [1.807, 2.05) is 22.9 Å². The number of alkyl carbamates (subject to hydrolysis) is 1. The van der Waals surface area contributed by atoms with Crippen molar-refractivity contribution in [3.8, 4) is 17.0 Å². The van der Waals surface area contributed by atoms with E-state index in [1.165, 1.54) is 6.07 Å². The van der Waals surface area contributed by atoms with Crippen LogP contribution in [0.3, 0.4) is 0 Å². The number of ether oxygens (including phenoxy) is 3. The summed E-state index contributed by atoms with van der Waals surface area (Å²) in [7, 11) is 0. The molecule has 1 unspecified atom stereocenters. The summed E-state index contributed by atoms with van der Waals surface area (Å²) >= 11 is 0. The van der Waals surface area contributed by atoms with Crippen molar-refractivity contribution >= 4 is 17.0 Å². The summed E-state index contributed by atoms with van der Waals surface area (Å²) in [4.78, 5) is 11.9. The summed E-state index contributed by atoms with van der Waals surface area (Å²) in [6.07, 6.45) is 2.94. The number of nitrogens with one attached hydrogen (secondary N) is 1. The molecule has 1 amide bonds. The van der Waals surface area contributed by atoms with Crippen molar-refractivity contribution in [2.75, 3.05) is 19.8 Å². The number of hydrogen-bond acceptors (Lipinski definition) is 5. The third-order valence-corrected chi connectivity index (χ3v) is 5.64. The lowest BCUT2D eigenvalue weighted by molar-refractivity contribution is -0.0365. The third-order valence-electron chi connectivity index (χ3n) is 5.64. The lowest BCUT2D eigenvalue weighted by atomic mass is 10.0. The van der Waals surface area contributed by atoms with E-state index in [4.69, 9.17) is 19.3 Å². The van der Waals surface area contributed by atoms with E-state index in [2.05, 4.69) is 5.32 Å². The molecule has 0 spiro atoms. The van der Waals surface area contributed by atoms with Gasteiger partial charge in [-0.05, 0) is 62.1 Å². The van der Waals surface area contributed by atoms with Crippen LogP contribution in [0.2, 0.25) is 0 Å². The van der Waals surface area contributed by atoms with Crippen LogP contribution in [0.1, 0.15) is 37.5 Å². The molecule has 31 heavy (non-hydrogen) atoms. The average molecular weight is 425 g/mol. The van der Waals surface area contributed by atoms with Gasteiger partial charge in [0.15, 0.2) is 6.23 Å². The van der Waals surface area contributed by atoms with Gasteiger partial charge < -0.3 is 19.5 Å². The Morgan fingerprint density at radius 3 is 2.87 bits per heavy atom. The topological polar surface area (TPSA) is 74.6 Å². The maximum Gasteiger partial charge on any atom is 0.407 e. The highest BCUT2D eigenvalue weighted by Gasteiger charge is 2.23. The van der Waals surface area contributed by atoms with Gasteiger partial charge in [0.1, 0.15) is 23.9 Å². The van der Waals surface area contributed by atoms with Crippen LogP contribution < -0.4 is 10.1 Å². The lowest BCUT2D eigenvalue weighted by Crippen LogP contribution is -2.26. The van der Waals surface area contributed by atoms with Crippen LogP contribution in [-0.2, 0) is 16.1 Å². The van der Waals surface area contributed by atoms with E-state index in [1.54, 1.807) is 12.1 Å². The minimum atomic E-state index is -0.582. The Hall–Kier alpha value is -3.13. The number of aromatic nitrogens is 2. The molecule has 2 aromatic carbocycles. The van der Waals surface area contributed by atoms with Crippen LogP contribution >= 0.6 is 0 Å². The van der Waals surface area contributed by atoms with E-state index in [0.717, 1.165) is 47.2 Å². The first-order valence-electron chi connectivity index (χ1n) is 10.6. The minimum Gasteiger partial charge on any atom is -0.494 e. The van der Waals surface area contributed by atoms with Crippen LogP contribution in [0, 0.1) is 5.82 Å². The fraction of sp³-hybridized carbons (Fsp3) is 0.391. The molecule has 1 N–H and O–H groups in total. The second-order valence-electron chi connectivity index (χ2n) is 7.80. The van der Waals surface area contributed by atoms with Gasteiger partial charge in [-0.2, -0.15) is 5.10 Å². The Balaban J connectivity index is 1.64. The number of nitrogens with zero attached hydrogens (tertiary/aromatic N) is 2. The fourth-order valence-corrected chi connectivity index (χ4v) is 4.04. The van der Waals surface area contributed by atoms with E-state index >= 15 is 0 Å².